The summed E-state index contributed by atoms with van der Waals surface area (Å²) in [4.78, 5) is 17.6. The van der Waals surface area contributed by atoms with Crippen molar-refractivity contribution in [3.63, 3.8) is 0 Å². The molecule has 3 aromatic rings. The van der Waals surface area contributed by atoms with E-state index in [2.05, 4.69) is 16.4 Å². The summed E-state index contributed by atoms with van der Waals surface area (Å²) in [5.74, 6) is 0.694. The summed E-state index contributed by atoms with van der Waals surface area (Å²) in [5.41, 5.74) is 3.76. The van der Waals surface area contributed by atoms with Crippen LogP contribution >= 0.6 is 11.3 Å². The maximum Gasteiger partial charge on any atom is 0.263 e. The molecule has 0 unspecified atom stereocenters. The Morgan fingerprint density at radius 1 is 1.17 bits per heavy atom. The number of sulfone groups is 1. The van der Waals surface area contributed by atoms with Crippen LogP contribution in [-0.2, 0) is 16.3 Å². The van der Waals surface area contributed by atoms with Crippen LogP contribution in [0, 0.1) is 13.8 Å². The van der Waals surface area contributed by atoms with Gasteiger partial charge in [0.25, 0.3) is 5.91 Å². The number of aryl methyl sites for hydroxylation is 2. The van der Waals surface area contributed by atoms with Gasteiger partial charge in [-0.2, -0.15) is 0 Å². The summed E-state index contributed by atoms with van der Waals surface area (Å²) in [6.07, 6.45) is 1.78. The number of aromatic nitrogens is 1. The summed E-state index contributed by atoms with van der Waals surface area (Å²) < 4.78 is 29.3. The Morgan fingerprint density at radius 2 is 1.87 bits per heavy atom. The van der Waals surface area contributed by atoms with Crippen LogP contribution in [0.15, 0.2) is 47.4 Å². The Hall–Kier alpha value is -2.71. The summed E-state index contributed by atoms with van der Waals surface area (Å²) in [5, 5.41) is 3.82. The largest absolute Gasteiger partial charge is 0.488 e. The lowest BCUT2D eigenvalue weighted by atomic mass is 10.0. The minimum atomic E-state index is -3.21. The van der Waals surface area contributed by atoms with Gasteiger partial charge in [-0.1, -0.05) is 18.2 Å². The molecular weight excluding hydrogens is 420 g/mol. The molecule has 0 saturated heterocycles. The molecule has 1 atom stereocenters. The van der Waals surface area contributed by atoms with Gasteiger partial charge in [0.1, 0.15) is 16.7 Å². The lowest BCUT2D eigenvalue weighted by molar-refractivity contribution is 0.0937. The third kappa shape index (κ3) is 4.24. The van der Waals surface area contributed by atoms with Crippen molar-refractivity contribution in [2.45, 2.75) is 31.3 Å². The van der Waals surface area contributed by atoms with Crippen LogP contribution in [0.3, 0.4) is 0 Å². The van der Waals surface area contributed by atoms with Crippen LogP contribution in [-0.4, -0.2) is 38.2 Å². The zero-order valence-electron chi connectivity index (χ0n) is 16.9. The molecule has 1 aliphatic heterocycles. The van der Waals surface area contributed by atoms with E-state index in [9.17, 15) is 13.2 Å². The van der Waals surface area contributed by atoms with Gasteiger partial charge in [-0.3, -0.25) is 4.79 Å². The first kappa shape index (κ1) is 20.6. The van der Waals surface area contributed by atoms with Crippen molar-refractivity contribution in [1.82, 2.24) is 10.3 Å². The van der Waals surface area contributed by atoms with E-state index in [1.54, 1.807) is 12.1 Å². The number of nitrogens with zero attached hydrogens (tertiary/aromatic N) is 1. The van der Waals surface area contributed by atoms with Gasteiger partial charge in [0.05, 0.1) is 22.1 Å². The molecule has 8 heteroatoms. The van der Waals surface area contributed by atoms with Crippen LogP contribution in [0.1, 0.15) is 25.9 Å². The molecule has 0 saturated carbocycles. The molecule has 4 rings (SSSR count). The number of amides is 1. The maximum atomic E-state index is 12.4. The van der Waals surface area contributed by atoms with E-state index in [1.807, 2.05) is 38.1 Å². The number of thiazole rings is 1. The molecular formula is C22H22N2O4S2. The zero-order valence-corrected chi connectivity index (χ0v) is 18.6. The van der Waals surface area contributed by atoms with E-state index in [-0.39, 0.29) is 12.0 Å². The fraction of sp³-hybridized carbons (Fsp3) is 0.273. The SMILES string of the molecule is Cc1nc(C)c(C(=O)NC[C@@H]2Cc3cc(-c4ccc(S(C)(=O)=O)cc4)ccc3O2)s1. The number of fused-ring (bicyclic) bond motifs is 1. The van der Waals surface area contributed by atoms with E-state index >= 15 is 0 Å². The first-order valence-corrected chi connectivity index (χ1v) is 12.2. The van der Waals surface area contributed by atoms with Crippen LogP contribution in [0.4, 0.5) is 0 Å². The number of benzene rings is 2. The van der Waals surface area contributed by atoms with E-state index in [4.69, 9.17) is 4.74 Å². The predicted octanol–water partition coefficient (Wildman–Crippen LogP) is 3.56. The minimum Gasteiger partial charge on any atom is -0.488 e. The fourth-order valence-corrected chi connectivity index (χ4v) is 5.00. The average Bonchev–Trinajstić information content (AvgIpc) is 3.26. The zero-order chi connectivity index (χ0) is 21.5. The summed E-state index contributed by atoms with van der Waals surface area (Å²) in [6, 6.07) is 12.8. The molecule has 1 aromatic heterocycles. The normalized spacial score (nSPS) is 15.5. The Labute approximate surface area is 179 Å². The van der Waals surface area contributed by atoms with Gasteiger partial charge < -0.3 is 10.1 Å². The number of hydrogen-bond acceptors (Lipinski definition) is 6. The first-order chi connectivity index (χ1) is 14.2. The van der Waals surface area contributed by atoms with Crippen LogP contribution in [0.2, 0.25) is 0 Å². The maximum absolute atomic E-state index is 12.4. The molecule has 2 aromatic carbocycles. The van der Waals surface area contributed by atoms with Gasteiger partial charge in [-0.25, -0.2) is 13.4 Å². The van der Waals surface area contributed by atoms with Gasteiger partial charge >= 0.3 is 0 Å². The quantitative estimate of drug-likeness (QED) is 0.653. The lowest BCUT2D eigenvalue weighted by Crippen LogP contribution is -2.34. The highest BCUT2D eigenvalue weighted by atomic mass is 32.2. The van der Waals surface area contributed by atoms with Gasteiger partial charge in [-0.15, -0.1) is 11.3 Å². The van der Waals surface area contributed by atoms with Crippen molar-refractivity contribution in [3.8, 4) is 16.9 Å². The van der Waals surface area contributed by atoms with Crippen molar-refractivity contribution >= 4 is 27.1 Å². The predicted molar refractivity (Wildman–Crippen MR) is 117 cm³/mol. The van der Waals surface area contributed by atoms with Crippen molar-refractivity contribution < 1.29 is 17.9 Å². The van der Waals surface area contributed by atoms with Crippen LogP contribution < -0.4 is 10.1 Å². The lowest BCUT2D eigenvalue weighted by Gasteiger charge is -2.11. The summed E-state index contributed by atoms with van der Waals surface area (Å²) in [7, 11) is -3.21. The molecule has 0 radical (unpaired) electrons. The molecule has 1 aliphatic rings. The molecule has 2 heterocycles. The van der Waals surface area contributed by atoms with E-state index in [0.29, 0.717) is 22.7 Å². The smallest absolute Gasteiger partial charge is 0.263 e. The molecule has 1 amide bonds. The number of rotatable bonds is 5. The molecule has 0 bridgehead atoms. The van der Waals surface area contributed by atoms with Crippen molar-refractivity contribution in [2.75, 3.05) is 12.8 Å². The van der Waals surface area contributed by atoms with Crippen LogP contribution in [0.25, 0.3) is 11.1 Å². The average molecular weight is 443 g/mol. The van der Waals surface area contributed by atoms with Gasteiger partial charge in [-0.05, 0) is 54.8 Å². The summed E-state index contributed by atoms with van der Waals surface area (Å²) in [6.45, 7) is 4.14. The van der Waals surface area contributed by atoms with Crippen molar-refractivity contribution in [2.24, 2.45) is 0 Å². The molecule has 156 valence electrons. The van der Waals surface area contributed by atoms with E-state index in [1.165, 1.54) is 17.6 Å². The number of ether oxygens (including phenoxy) is 1. The van der Waals surface area contributed by atoms with Crippen molar-refractivity contribution in [3.05, 3.63) is 63.6 Å². The van der Waals surface area contributed by atoms with E-state index in [0.717, 1.165) is 33.1 Å². The Bertz CT molecular complexity index is 1210. The van der Waals surface area contributed by atoms with Crippen LogP contribution in [0.5, 0.6) is 5.75 Å². The molecule has 0 aliphatic carbocycles. The molecule has 1 N–H and O–H groups in total. The molecule has 0 spiro atoms. The third-order valence-electron chi connectivity index (χ3n) is 5.02. The molecule has 30 heavy (non-hydrogen) atoms. The van der Waals surface area contributed by atoms with E-state index < -0.39 is 9.84 Å². The number of carbonyl (C=O) groups is 1. The van der Waals surface area contributed by atoms with Gasteiger partial charge in [0.2, 0.25) is 0 Å². The summed E-state index contributed by atoms with van der Waals surface area (Å²) >= 11 is 1.39. The second-order valence-corrected chi connectivity index (χ2v) is 10.6. The number of nitrogens with one attached hydrogen (secondary N) is 1. The van der Waals surface area contributed by atoms with Gasteiger partial charge in [0.15, 0.2) is 9.84 Å². The van der Waals surface area contributed by atoms with Gasteiger partial charge in [0, 0.05) is 12.7 Å². The number of hydrogen-bond donors (Lipinski definition) is 1. The molecule has 0 fully saturated rings. The minimum absolute atomic E-state index is 0.121. The number of carbonyl (C=O) groups excluding carboxylic acids is 1. The topological polar surface area (TPSA) is 85.4 Å². The first-order valence-electron chi connectivity index (χ1n) is 9.53. The Kier molecular flexibility index (Phi) is 5.38. The Morgan fingerprint density at radius 3 is 2.50 bits per heavy atom. The third-order valence-corrected chi connectivity index (χ3v) is 7.22. The molecule has 6 nitrogen and oxygen atoms in total. The fourth-order valence-electron chi connectivity index (χ4n) is 3.54. The monoisotopic (exact) mass is 442 g/mol. The standard InChI is InChI=1S/C22H22N2O4S2/c1-13-21(29-14(2)24-13)22(25)23-12-18-11-17-10-16(6-9-20(17)28-18)15-4-7-19(8-5-15)30(3,26)27/h4-10,18H,11-12H2,1-3H3,(H,23,25)/t18-/m0/s1. The second kappa shape index (κ2) is 7.85. The highest BCUT2D eigenvalue weighted by Gasteiger charge is 2.24. The highest BCUT2D eigenvalue weighted by Crippen LogP contribution is 2.33. The Balaban J connectivity index is 1.42. The van der Waals surface area contributed by atoms with Crippen molar-refractivity contribution in [1.29, 1.82) is 0 Å². The highest BCUT2D eigenvalue weighted by molar-refractivity contribution is 7.90. The second-order valence-electron chi connectivity index (χ2n) is 7.42.